The molecular weight excluding hydrogens is 432 g/mol. The van der Waals surface area contributed by atoms with Gasteiger partial charge in [-0.15, -0.1) is 0 Å². The van der Waals surface area contributed by atoms with Crippen molar-refractivity contribution in [1.82, 2.24) is 19.4 Å². The van der Waals surface area contributed by atoms with E-state index in [0.717, 1.165) is 24.1 Å². The number of aromatic nitrogens is 2. The lowest BCUT2D eigenvalue weighted by molar-refractivity contribution is 0.0577. The molecule has 2 aromatic rings. The van der Waals surface area contributed by atoms with Gasteiger partial charge in [0, 0.05) is 24.5 Å². The summed E-state index contributed by atoms with van der Waals surface area (Å²) in [7, 11) is 0.626. The molecule has 7 heteroatoms. The molecule has 1 fully saturated rings. The molecule has 4 rings (SSSR count). The molecule has 33 heavy (non-hydrogen) atoms. The smallest absolute Gasteiger partial charge is 0.243 e. The largest absolute Gasteiger partial charge is 0.305 e. The fourth-order valence-electron chi connectivity index (χ4n) is 6.07. The van der Waals surface area contributed by atoms with Crippen molar-refractivity contribution in [2.24, 2.45) is 11.3 Å². The molecule has 1 unspecified atom stereocenters. The molecule has 0 amide bonds. The van der Waals surface area contributed by atoms with Crippen molar-refractivity contribution in [1.29, 1.82) is 0 Å². The number of fused-ring (bicyclic) bond motifs is 2. The number of sulfonamides is 1. The van der Waals surface area contributed by atoms with Crippen LogP contribution in [0.4, 0.5) is 0 Å². The zero-order chi connectivity index (χ0) is 24.2. The summed E-state index contributed by atoms with van der Waals surface area (Å²) in [5.41, 5.74) is 4.40. The Morgan fingerprint density at radius 1 is 1.15 bits per heavy atom. The Morgan fingerprint density at radius 3 is 2.39 bits per heavy atom. The van der Waals surface area contributed by atoms with Crippen molar-refractivity contribution in [3.8, 4) is 0 Å². The van der Waals surface area contributed by atoms with Crippen molar-refractivity contribution in [2.45, 2.75) is 63.8 Å². The summed E-state index contributed by atoms with van der Waals surface area (Å²) in [6.45, 7) is 11.9. The summed E-state index contributed by atoms with van der Waals surface area (Å²) in [6, 6.07) is 7.65. The highest BCUT2D eigenvalue weighted by atomic mass is 32.2. The van der Waals surface area contributed by atoms with Crippen LogP contribution in [0.5, 0.6) is 0 Å². The second kappa shape index (κ2) is 8.36. The highest BCUT2D eigenvalue weighted by Crippen LogP contribution is 2.49. The zero-order valence-corrected chi connectivity index (χ0v) is 21.8. The van der Waals surface area contributed by atoms with Gasteiger partial charge in [-0.3, -0.25) is 5.10 Å². The number of hydrogen-bond donors (Lipinski definition) is 1. The zero-order valence-electron chi connectivity index (χ0n) is 21.0. The first-order valence-electron chi connectivity index (χ1n) is 11.9. The first kappa shape index (κ1) is 24.2. The maximum absolute atomic E-state index is 13.8. The van der Waals surface area contributed by atoms with Crippen LogP contribution in [0.3, 0.4) is 0 Å². The topological polar surface area (TPSA) is 69.3 Å². The van der Waals surface area contributed by atoms with Crippen LogP contribution < -0.4 is 0 Å². The van der Waals surface area contributed by atoms with E-state index in [1.54, 1.807) is 16.4 Å². The Hall–Kier alpha value is -1.96. The molecule has 1 saturated heterocycles. The van der Waals surface area contributed by atoms with E-state index >= 15 is 0 Å². The molecule has 1 aromatic heterocycles. The van der Waals surface area contributed by atoms with E-state index in [-0.39, 0.29) is 16.9 Å². The molecule has 2 aliphatic rings. The van der Waals surface area contributed by atoms with Gasteiger partial charge >= 0.3 is 0 Å². The molecule has 2 heterocycles. The first-order chi connectivity index (χ1) is 15.4. The van der Waals surface area contributed by atoms with Gasteiger partial charge in [0.25, 0.3) is 0 Å². The van der Waals surface area contributed by atoms with Gasteiger partial charge in [0.2, 0.25) is 10.0 Å². The van der Waals surface area contributed by atoms with Gasteiger partial charge in [0.1, 0.15) is 0 Å². The van der Waals surface area contributed by atoms with Crippen molar-refractivity contribution in [3.63, 3.8) is 0 Å². The van der Waals surface area contributed by atoms with Gasteiger partial charge in [0.15, 0.2) is 0 Å². The average molecular weight is 471 g/mol. The van der Waals surface area contributed by atoms with Crippen LogP contribution in [0.2, 0.25) is 0 Å². The monoisotopic (exact) mass is 470 g/mol. The van der Waals surface area contributed by atoms with Crippen LogP contribution in [-0.4, -0.2) is 61.0 Å². The Kier molecular flexibility index (Phi) is 6.13. The molecule has 1 aliphatic heterocycles. The molecule has 0 bridgehead atoms. The van der Waals surface area contributed by atoms with Crippen LogP contribution in [0.1, 0.15) is 57.9 Å². The summed E-state index contributed by atoms with van der Waals surface area (Å²) in [5.74, 6) is 0.366. The maximum Gasteiger partial charge on any atom is 0.243 e. The summed E-state index contributed by atoms with van der Waals surface area (Å²) >= 11 is 0. The van der Waals surface area contributed by atoms with Crippen LogP contribution in [0.15, 0.2) is 40.9 Å². The summed E-state index contributed by atoms with van der Waals surface area (Å²) in [4.78, 5) is 2.65. The minimum atomic E-state index is -3.60. The van der Waals surface area contributed by atoms with Gasteiger partial charge in [-0.2, -0.15) is 9.40 Å². The van der Waals surface area contributed by atoms with Gasteiger partial charge in [0.05, 0.1) is 16.8 Å². The van der Waals surface area contributed by atoms with E-state index < -0.39 is 10.0 Å². The lowest BCUT2D eigenvalue weighted by Crippen LogP contribution is -2.59. The van der Waals surface area contributed by atoms with Gasteiger partial charge in [-0.1, -0.05) is 52.3 Å². The number of nitrogens with one attached hydrogen (secondary N) is 1. The molecule has 0 saturated carbocycles. The van der Waals surface area contributed by atoms with Gasteiger partial charge < -0.3 is 4.90 Å². The van der Waals surface area contributed by atoms with E-state index in [0.29, 0.717) is 23.9 Å². The number of hydrogen-bond acceptors (Lipinski definition) is 4. The normalized spacial score (nSPS) is 22.8. The SMILES string of the molecule is CC(C)C(N(C)C)[C@@]12Cc3cn[nH]c3C=C1CCN(S(=O)(=O)c1ccc(C(C)(C)C)cc1)C2. The Morgan fingerprint density at radius 2 is 1.82 bits per heavy atom. The van der Waals surface area contributed by atoms with Crippen molar-refractivity contribution >= 4 is 16.1 Å². The van der Waals surface area contributed by atoms with E-state index in [4.69, 9.17) is 0 Å². The summed E-state index contributed by atoms with van der Waals surface area (Å²) < 4.78 is 29.3. The second-order valence-electron chi connectivity index (χ2n) is 11.3. The van der Waals surface area contributed by atoms with E-state index in [2.05, 4.69) is 69.9 Å². The van der Waals surface area contributed by atoms with Gasteiger partial charge in [-0.25, -0.2) is 8.42 Å². The number of piperidine rings is 1. The third-order valence-corrected chi connectivity index (χ3v) is 9.28. The second-order valence-corrected chi connectivity index (χ2v) is 13.3. The molecule has 1 aliphatic carbocycles. The Bertz CT molecular complexity index is 1130. The quantitative estimate of drug-likeness (QED) is 0.707. The maximum atomic E-state index is 13.8. The average Bonchev–Trinajstić information content (AvgIpc) is 3.17. The molecular formula is C26H38N4O2S. The Labute approximate surface area is 199 Å². The standard InChI is InChI=1S/C26H38N4O2S/c1-18(2)24(29(6)7)26-15-19-16-27-28-23(19)14-21(26)12-13-30(17-26)33(31,32)22-10-8-20(9-11-22)25(3,4)5/h8-11,14,16,18,24H,12-13,15,17H2,1-7H3,(H,27,28)/t24?,26-/m1/s1. The molecule has 1 aromatic carbocycles. The van der Waals surface area contributed by atoms with Crippen LogP contribution >= 0.6 is 0 Å². The number of nitrogens with zero attached hydrogens (tertiary/aromatic N) is 3. The van der Waals surface area contributed by atoms with Crippen molar-refractivity contribution in [3.05, 3.63) is 52.9 Å². The van der Waals surface area contributed by atoms with Crippen molar-refractivity contribution in [2.75, 3.05) is 27.2 Å². The van der Waals surface area contributed by atoms with Crippen LogP contribution in [-0.2, 0) is 21.9 Å². The minimum Gasteiger partial charge on any atom is -0.305 e. The highest BCUT2D eigenvalue weighted by molar-refractivity contribution is 7.89. The molecule has 2 atom stereocenters. The predicted molar refractivity (Wildman–Crippen MR) is 134 cm³/mol. The minimum absolute atomic E-state index is 0.0161. The van der Waals surface area contributed by atoms with Gasteiger partial charge in [-0.05, 0) is 67.6 Å². The van der Waals surface area contributed by atoms with Crippen LogP contribution in [0, 0.1) is 11.3 Å². The third kappa shape index (κ3) is 4.19. The molecule has 1 N–H and O–H groups in total. The van der Waals surface area contributed by atoms with Crippen LogP contribution in [0.25, 0.3) is 6.08 Å². The summed E-state index contributed by atoms with van der Waals surface area (Å²) in [6.07, 6.45) is 5.65. The number of benzene rings is 1. The number of aromatic amines is 1. The van der Waals surface area contributed by atoms with E-state index in [9.17, 15) is 8.42 Å². The third-order valence-electron chi connectivity index (χ3n) is 7.42. The highest BCUT2D eigenvalue weighted by Gasteiger charge is 2.51. The number of H-pyrrole nitrogens is 1. The molecule has 180 valence electrons. The molecule has 6 nitrogen and oxygen atoms in total. The summed E-state index contributed by atoms with van der Waals surface area (Å²) in [5, 5.41) is 7.39. The first-order valence-corrected chi connectivity index (χ1v) is 13.3. The fourth-order valence-corrected chi connectivity index (χ4v) is 7.58. The Balaban J connectivity index is 1.75. The molecule has 0 spiro atoms. The lowest BCUT2D eigenvalue weighted by atomic mass is 9.61. The van der Waals surface area contributed by atoms with E-state index in [1.807, 2.05) is 18.3 Å². The number of rotatable bonds is 5. The lowest BCUT2D eigenvalue weighted by Gasteiger charge is -2.53. The molecule has 0 radical (unpaired) electrons. The fraction of sp³-hybridized carbons (Fsp3) is 0.577. The van der Waals surface area contributed by atoms with Crippen molar-refractivity contribution < 1.29 is 8.42 Å². The predicted octanol–water partition coefficient (Wildman–Crippen LogP) is 4.31. The van der Waals surface area contributed by atoms with E-state index in [1.165, 1.54) is 11.1 Å².